The predicted molar refractivity (Wildman–Crippen MR) is 70.4 cm³/mol. The smallest absolute Gasteiger partial charge is 0.290 e. The van der Waals surface area contributed by atoms with E-state index in [-0.39, 0.29) is 0 Å². The van der Waals surface area contributed by atoms with E-state index in [0.717, 1.165) is 0 Å². The Morgan fingerprint density at radius 1 is 0.667 bits per heavy atom. The molecule has 0 aromatic rings. The summed E-state index contributed by atoms with van der Waals surface area (Å²) in [6.45, 7) is -5.57. The Bertz CT molecular complexity index is 703. The first-order valence-corrected chi connectivity index (χ1v) is 8.73. The van der Waals surface area contributed by atoms with Crippen LogP contribution < -0.4 is 0 Å². The maximum atomic E-state index is 14.1. The first-order chi connectivity index (χ1) is 14.3. The molecule has 0 aliphatic heterocycles. The summed E-state index contributed by atoms with van der Waals surface area (Å²) in [6.07, 6.45) is -30.1. The van der Waals surface area contributed by atoms with E-state index in [4.69, 9.17) is 0 Å². The number of rotatable bonds is 12. The molecule has 0 spiro atoms. The van der Waals surface area contributed by atoms with Gasteiger partial charge in [0.2, 0.25) is 0 Å². The molecule has 2 atom stereocenters. The largest absolute Gasteiger partial charge is 0.474 e. The second-order valence-electron chi connectivity index (χ2n) is 5.51. The van der Waals surface area contributed by atoms with Crippen molar-refractivity contribution in [1.82, 2.24) is 0 Å². The molecule has 0 radical (unpaired) electrons. The Morgan fingerprint density at radius 2 is 1.09 bits per heavy atom. The highest BCUT2D eigenvalue weighted by Gasteiger charge is 2.84. The Kier molecular flexibility index (Phi) is 9.26. The van der Waals surface area contributed by atoms with Crippen molar-refractivity contribution in [1.29, 1.82) is 0 Å². The number of ether oxygens (including phenoxy) is 2. The molecule has 0 saturated heterocycles. The van der Waals surface area contributed by atoms with Crippen molar-refractivity contribution in [3.8, 4) is 0 Å². The van der Waals surface area contributed by atoms with Gasteiger partial charge in [-0.05, 0) is 0 Å². The number of halogens is 15. The number of alkyl halides is 15. The fourth-order valence-electron chi connectivity index (χ4n) is 1.43. The third-order valence-corrected chi connectivity index (χ3v) is 4.47. The van der Waals surface area contributed by atoms with Gasteiger partial charge in [-0.25, -0.2) is 13.3 Å². The zero-order chi connectivity index (χ0) is 26.9. The van der Waals surface area contributed by atoms with Crippen LogP contribution in [0, 0.1) is 0 Å². The van der Waals surface area contributed by atoms with Gasteiger partial charge < -0.3 is 0 Å². The van der Waals surface area contributed by atoms with E-state index in [0.29, 0.717) is 14.2 Å². The molecule has 200 valence electrons. The molecule has 0 aliphatic rings. The van der Waals surface area contributed by atoms with Crippen molar-refractivity contribution >= 4 is 7.82 Å². The molecule has 0 rings (SSSR count). The van der Waals surface area contributed by atoms with Crippen molar-refractivity contribution in [2.75, 3.05) is 27.5 Å². The molecule has 22 heteroatoms. The zero-order valence-electron chi connectivity index (χ0n) is 15.5. The molecule has 0 aromatic carbocycles. The fraction of sp³-hybridized carbons (Fsp3) is 1.00. The molecule has 0 aliphatic carbocycles. The lowest BCUT2D eigenvalue weighted by Gasteiger charge is -2.39. The van der Waals surface area contributed by atoms with Crippen LogP contribution in [0.3, 0.4) is 0 Å². The van der Waals surface area contributed by atoms with E-state index in [1.54, 1.807) is 0 Å². The standard InChI is InChI=1S/C11H10F15O6P/c1-28-33(27,29-2)30-4-5(13,3-12)31-11(25,26)7(16,9(20,21)22)32-10(23,24)6(14,15)8(17,18)19/h3-4H2,1-2H3. The van der Waals surface area contributed by atoms with Gasteiger partial charge in [0, 0.05) is 14.2 Å². The second-order valence-corrected chi connectivity index (χ2v) is 7.39. The molecule has 0 N–H and O–H groups in total. The van der Waals surface area contributed by atoms with Gasteiger partial charge in [0.15, 0.2) is 6.67 Å². The number of hydrogen-bond acceptors (Lipinski definition) is 6. The van der Waals surface area contributed by atoms with Crippen LogP contribution in [0.1, 0.15) is 0 Å². The highest BCUT2D eigenvalue weighted by molar-refractivity contribution is 7.48. The summed E-state index contributed by atoms with van der Waals surface area (Å²) < 4.78 is 221. The number of phosphoric acid groups is 1. The molecule has 0 amide bonds. The van der Waals surface area contributed by atoms with Gasteiger partial charge >= 0.3 is 44.2 Å². The number of hydrogen-bond donors (Lipinski definition) is 0. The molecule has 0 heterocycles. The van der Waals surface area contributed by atoms with E-state index in [1.807, 2.05) is 0 Å². The van der Waals surface area contributed by atoms with Crippen LogP contribution in [-0.2, 0) is 27.6 Å². The van der Waals surface area contributed by atoms with E-state index in [1.165, 1.54) is 4.74 Å². The lowest BCUT2D eigenvalue weighted by atomic mass is 10.2. The molecule has 33 heavy (non-hydrogen) atoms. The van der Waals surface area contributed by atoms with Crippen LogP contribution in [0.25, 0.3) is 0 Å². The van der Waals surface area contributed by atoms with Gasteiger partial charge in [-0.15, -0.1) is 0 Å². The third-order valence-electron chi connectivity index (χ3n) is 3.13. The lowest BCUT2D eigenvalue weighted by Crippen LogP contribution is -2.66. The summed E-state index contributed by atoms with van der Waals surface area (Å²) in [7, 11) is -3.95. The van der Waals surface area contributed by atoms with Crippen molar-refractivity contribution in [3.63, 3.8) is 0 Å². The van der Waals surface area contributed by atoms with Gasteiger partial charge in [-0.3, -0.25) is 23.0 Å². The highest BCUT2D eigenvalue weighted by atomic mass is 31.2. The minimum atomic E-state index is -7.71. The Morgan fingerprint density at radius 3 is 1.39 bits per heavy atom. The quantitative estimate of drug-likeness (QED) is 0.229. The van der Waals surface area contributed by atoms with Crippen molar-refractivity contribution in [2.45, 2.75) is 42.2 Å². The van der Waals surface area contributed by atoms with Gasteiger partial charge in [0.05, 0.1) is 0 Å². The van der Waals surface area contributed by atoms with Crippen LogP contribution in [0.4, 0.5) is 65.9 Å². The van der Waals surface area contributed by atoms with E-state index >= 15 is 0 Å². The predicted octanol–water partition coefficient (Wildman–Crippen LogP) is 5.68. The summed E-state index contributed by atoms with van der Waals surface area (Å²) in [5.74, 6) is -20.4. The lowest BCUT2D eigenvalue weighted by molar-refractivity contribution is -0.544. The van der Waals surface area contributed by atoms with Gasteiger partial charge in [-0.1, -0.05) is 0 Å². The second kappa shape index (κ2) is 9.56. The molecule has 6 nitrogen and oxygen atoms in total. The van der Waals surface area contributed by atoms with E-state index in [9.17, 15) is 70.4 Å². The fourth-order valence-corrected chi connectivity index (χ4v) is 2.14. The molecule has 0 bridgehead atoms. The molecular formula is C11H10F15O6P. The minimum Gasteiger partial charge on any atom is -0.290 e. The van der Waals surface area contributed by atoms with Gasteiger partial charge in [-0.2, -0.15) is 57.1 Å². The Hall–Kier alpha value is -1.02. The van der Waals surface area contributed by atoms with Crippen molar-refractivity contribution < 1.29 is 93.5 Å². The minimum absolute atomic E-state index is 0.488. The molecule has 0 saturated carbocycles. The first-order valence-electron chi connectivity index (χ1n) is 7.27. The summed E-state index contributed by atoms with van der Waals surface area (Å²) >= 11 is 0. The topological polar surface area (TPSA) is 63.2 Å². The Labute approximate surface area is 172 Å². The SMILES string of the molecule is COP(=O)(OC)OCC(F)(CF)OC(F)(F)C(F)(OC(F)(F)C(F)(F)C(F)(F)F)C(F)(F)F. The molecule has 2 unspecified atom stereocenters. The van der Waals surface area contributed by atoms with Crippen LogP contribution in [-0.4, -0.2) is 69.7 Å². The van der Waals surface area contributed by atoms with E-state index < -0.39 is 63.3 Å². The van der Waals surface area contributed by atoms with Crippen LogP contribution in [0.15, 0.2) is 0 Å². The highest BCUT2D eigenvalue weighted by Crippen LogP contribution is 2.56. The summed E-state index contributed by atoms with van der Waals surface area (Å²) in [4.78, 5) is 0. The third kappa shape index (κ3) is 6.56. The van der Waals surface area contributed by atoms with Gasteiger partial charge in [0.1, 0.15) is 6.61 Å². The average Bonchev–Trinajstić information content (AvgIpc) is 2.63. The Balaban J connectivity index is 6.30. The van der Waals surface area contributed by atoms with Crippen LogP contribution in [0.5, 0.6) is 0 Å². The maximum absolute atomic E-state index is 14.1. The zero-order valence-corrected chi connectivity index (χ0v) is 16.4. The van der Waals surface area contributed by atoms with Crippen molar-refractivity contribution in [3.05, 3.63) is 0 Å². The maximum Gasteiger partial charge on any atom is 0.474 e. The first kappa shape index (κ1) is 32.0. The monoisotopic (exact) mass is 554 g/mol. The van der Waals surface area contributed by atoms with Gasteiger partial charge in [0.25, 0.3) is 5.85 Å². The summed E-state index contributed by atoms with van der Waals surface area (Å²) in [5.41, 5.74) is 0. The van der Waals surface area contributed by atoms with Crippen molar-refractivity contribution in [2.24, 2.45) is 0 Å². The number of phosphoric ester groups is 1. The summed E-state index contributed by atoms with van der Waals surface area (Å²) in [5, 5.41) is 0. The average molecular weight is 554 g/mol. The summed E-state index contributed by atoms with van der Waals surface area (Å²) in [6, 6.07) is 0. The molecule has 0 aromatic heterocycles. The van der Waals surface area contributed by atoms with Crippen LogP contribution in [0.2, 0.25) is 0 Å². The molecule has 0 fully saturated rings. The normalized spacial score (nSPS) is 18.7. The van der Waals surface area contributed by atoms with E-state index in [2.05, 4.69) is 18.3 Å². The van der Waals surface area contributed by atoms with Crippen LogP contribution >= 0.6 is 7.82 Å². The molecular weight excluding hydrogens is 544 g/mol.